The van der Waals surface area contributed by atoms with Crippen molar-refractivity contribution in [3.8, 4) is 5.88 Å². The Hall–Kier alpha value is -1.87. The number of aliphatic imine (C=N–C) groups is 1. The van der Waals surface area contributed by atoms with Crippen LogP contribution in [0.3, 0.4) is 0 Å². The van der Waals surface area contributed by atoms with E-state index in [9.17, 15) is 0 Å². The van der Waals surface area contributed by atoms with Crippen molar-refractivity contribution in [2.24, 2.45) is 10.7 Å². The highest BCUT2D eigenvalue weighted by Gasteiger charge is 2.16. The van der Waals surface area contributed by atoms with Crippen LogP contribution >= 0.6 is 24.0 Å². The predicted molar refractivity (Wildman–Crippen MR) is 119 cm³/mol. The van der Waals surface area contributed by atoms with E-state index >= 15 is 0 Å². The Morgan fingerprint density at radius 1 is 1.26 bits per heavy atom. The van der Waals surface area contributed by atoms with E-state index in [0.717, 1.165) is 29.7 Å². The van der Waals surface area contributed by atoms with Crippen molar-refractivity contribution in [3.63, 3.8) is 0 Å². The fraction of sp³-hybridized carbons (Fsp3) is 0.400. The first kappa shape index (κ1) is 21.4. The van der Waals surface area contributed by atoms with Gasteiger partial charge in [-0.3, -0.25) is 0 Å². The Bertz CT molecular complexity index is 748. The van der Waals surface area contributed by atoms with E-state index in [2.05, 4.69) is 15.3 Å². The van der Waals surface area contributed by atoms with Crippen LogP contribution in [0, 0.1) is 0 Å². The maximum absolute atomic E-state index is 6.04. The van der Waals surface area contributed by atoms with E-state index in [1.807, 2.05) is 36.4 Å². The number of halogens is 1. The molecule has 0 unspecified atom stereocenters. The summed E-state index contributed by atoms with van der Waals surface area (Å²) < 4.78 is 11.1. The molecular weight excluding hydrogens is 455 g/mol. The van der Waals surface area contributed by atoms with Gasteiger partial charge in [0.25, 0.3) is 0 Å². The van der Waals surface area contributed by atoms with Gasteiger partial charge in [-0.05, 0) is 43.4 Å². The first-order chi connectivity index (χ1) is 12.7. The van der Waals surface area contributed by atoms with Gasteiger partial charge in [-0.2, -0.15) is 0 Å². The molecule has 1 aromatic heterocycles. The summed E-state index contributed by atoms with van der Waals surface area (Å²) in [6.07, 6.45) is 6.75. The van der Waals surface area contributed by atoms with Crippen molar-refractivity contribution >= 4 is 35.6 Å². The maximum atomic E-state index is 6.04. The molecule has 1 heterocycles. The second-order valence-electron chi connectivity index (χ2n) is 6.44. The number of nitrogens with zero attached hydrogens (tertiary/aromatic N) is 2. The van der Waals surface area contributed by atoms with Gasteiger partial charge in [-0.15, -0.1) is 24.0 Å². The number of pyridine rings is 1. The van der Waals surface area contributed by atoms with Gasteiger partial charge in [0.05, 0.1) is 13.2 Å². The molecule has 1 aliphatic rings. The molecule has 1 fully saturated rings. The van der Waals surface area contributed by atoms with Gasteiger partial charge < -0.3 is 20.5 Å². The number of hydrogen-bond donors (Lipinski definition) is 2. The molecule has 0 aliphatic heterocycles. The average Bonchev–Trinajstić information content (AvgIpc) is 3.15. The molecule has 6 nitrogen and oxygen atoms in total. The lowest BCUT2D eigenvalue weighted by Crippen LogP contribution is -2.23. The number of para-hydroxylation sites is 1. The van der Waals surface area contributed by atoms with Gasteiger partial charge in [-0.25, -0.2) is 9.98 Å². The molecule has 1 aromatic carbocycles. The molecular formula is C20H27IN4O2. The fourth-order valence-corrected chi connectivity index (χ4v) is 3.07. The number of anilines is 1. The molecule has 3 N–H and O–H groups in total. The summed E-state index contributed by atoms with van der Waals surface area (Å²) in [4.78, 5) is 8.72. The van der Waals surface area contributed by atoms with Gasteiger partial charge >= 0.3 is 0 Å². The summed E-state index contributed by atoms with van der Waals surface area (Å²) >= 11 is 0. The molecule has 0 radical (unpaired) electrons. The van der Waals surface area contributed by atoms with Gasteiger partial charge in [0.1, 0.15) is 6.10 Å². The Labute approximate surface area is 177 Å². The van der Waals surface area contributed by atoms with E-state index < -0.39 is 0 Å². The molecule has 0 bridgehead atoms. The Morgan fingerprint density at radius 2 is 2.04 bits per heavy atom. The lowest BCUT2D eigenvalue weighted by atomic mass is 10.2. The summed E-state index contributed by atoms with van der Waals surface area (Å²) in [5, 5.41) is 3.14. The van der Waals surface area contributed by atoms with E-state index in [-0.39, 0.29) is 24.0 Å². The van der Waals surface area contributed by atoms with Crippen LogP contribution in [0.4, 0.5) is 5.69 Å². The molecule has 1 saturated carbocycles. The number of rotatable bonds is 7. The molecule has 0 spiro atoms. The molecule has 0 atom stereocenters. The van der Waals surface area contributed by atoms with Crippen LogP contribution in [0.5, 0.6) is 5.88 Å². The van der Waals surface area contributed by atoms with Gasteiger partial charge in [0.2, 0.25) is 5.88 Å². The van der Waals surface area contributed by atoms with Crippen molar-refractivity contribution in [1.82, 2.24) is 4.98 Å². The molecule has 7 heteroatoms. The van der Waals surface area contributed by atoms with E-state index in [1.165, 1.54) is 12.8 Å². The fourth-order valence-electron chi connectivity index (χ4n) is 3.07. The highest BCUT2D eigenvalue weighted by Crippen LogP contribution is 2.23. The third-order valence-electron chi connectivity index (χ3n) is 4.40. The van der Waals surface area contributed by atoms with Crippen LogP contribution in [-0.2, 0) is 17.9 Å². The first-order valence-corrected chi connectivity index (χ1v) is 9.00. The molecule has 0 saturated heterocycles. The number of benzene rings is 1. The topological polar surface area (TPSA) is 81.8 Å². The van der Waals surface area contributed by atoms with Crippen LogP contribution in [0.15, 0.2) is 47.6 Å². The molecule has 146 valence electrons. The van der Waals surface area contributed by atoms with Crippen LogP contribution in [-0.4, -0.2) is 24.2 Å². The smallest absolute Gasteiger partial charge is 0.213 e. The van der Waals surface area contributed by atoms with Gasteiger partial charge in [-0.1, -0.05) is 18.2 Å². The summed E-state index contributed by atoms with van der Waals surface area (Å²) in [5.74, 6) is 1.03. The summed E-state index contributed by atoms with van der Waals surface area (Å²) in [6.45, 7) is 0.984. The number of hydrogen-bond acceptors (Lipinski definition) is 4. The Morgan fingerprint density at radius 3 is 2.81 bits per heavy atom. The van der Waals surface area contributed by atoms with Crippen molar-refractivity contribution < 1.29 is 9.47 Å². The number of nitrogens with one attached hydrogen (secondary N) is 1. The van der Waals surface area contributed by atoms with E-state index in [0.29, 0.717) is 31.1 Å². The predicted octanol–water partition coefficient (Wildman–Crippen LogP) is 4.09. The van der Waals surface area contributed by atoms with E-state index in [4.69, 9.17) is 15.2 Å². The van der Waals surface area contributed by atoms with Crippen LogP contribution in [0.1, 0.15) is 36.8 Å². The zero-order valence-corrected chi connectivity index (χ0v) is 17.9. The molecule has 3 rings (SSSR count). The summed E-state index contributed by atoms with van der Waals surface area (Å²) in [5.41, 5.74) is 8.99. The third kappa shape index (κ3) is 6.66. The van der Waals surface area contributed by atoms with Crippen molar-refractivity contribution in [1.29, 1.82) is 0 Å². The Balaban J connectivity index is 0.00000261. The highest BCUT2D eigenvalue weighted by molar-refractivity contribution is 14.0. The largest absolute Gasteiger partial charge is 0.474 e. The minimum absolute atomic E-state index is 0. The molecule has 0 amide bonds. The molecule has 2 aromatic rings. The van der Waals surface area contributed by atoms with Crippen LogP contribution < -0.4 is 15.8 Å². The second-order valence-corrected chi connectivity index (χ2v) is 6.44. The lowest BCUT2D eigenvalue weighted by molar-refractivity contribution is 0.185. The molecule has 27 heavy (non-hydrogen) atoms. The summed E-state index contributed by atoms with van der Waals surface area (Å²) in [6, 6.07) is 11.7. The van der Waals surface area contributed by atoms with Gasteiger partial charge in [0.15, 0.2) is 5.96 Å². The number of methoxy groups -OCH3 is 1. The van der Waals surface area contributed by atoms with Crippen molar-refractivity contribution in [2.45, 2.75) is 44.9 Å². The zero-order chi connectivity index (χ0) is 18.2. The second kappa shape index (κ2) is 11.1. The zero-order valence-electron chi connectivity index (χ0n) is 15.6. The monoisotopic (exact) mass is 482 g/mol. The highest BCUT2D eigenvalue weighted by atomic mass is 127. The minimum atomic E-state index is 0. The van der Waals surface area contributed by atoms with Crippen LogP contribution in [0.2, 0.25) is 0 Å². The first-order valence-electron chi connectivity index (χ1n) is 9.00. The van der Waals surface area contributed by atoms with Crippen molar-refractivity contribution in [3.05, 3.63) is 53.7 Å². The quantitative estimate of drug-likeness (QED) is 0.353. The third-order valence-corrected chi connectivity index (χ3v) is 4.40. The molecule has 1 aliphatic carbocycles. The lowest BCUT2D eigenvalue weighted by Gasteiger charge is -2.12. The van der Waals surface area contributed by atoms with E-state index in [1.54, 1.807) is 13.3 Å². The minimum Gasteiger partial charge on any atom is -0.474 e. The number of aromatic nitrogens is 1. The normalized spacial score (nSPS) is 14.6. The van der Waals surface area contributed by atoms with Gasteiger partial charge in [0, 0.05) is 30.6 Å². The maximum Gasteiger partial charge on any atom is 0.213 e. The van der Waals surface area contributed by atoms with Crippen molar-refractivity contribution in [2.75, 3.05) is 12.4 Å². The number of guanidine groups is 1. The standard InChI is InChI=1S/C20H26N4O2.HI/c1-25-14-16-6-2-5-9-18(16)24-20(21)23-13-15-10-11-22-19(12-15)26-17-7-3-4-8-17;/h2,5-6,9-12,17H,3-4,7-8,13-14H2,1H3,(H3,21,23,24);1H. The summed E-state index contributed by atoms with van der Waals surface area (Å²) in [7, 11) is 1.67. The number of ether oxygens (including phenoxy) is 2. The average molecular weight is 482 g/mol. The Kier molecular flexibility index (Phi) is 8.80. The number of nitrogens with two attached hydrogens (primary N) is 1. The van der Waals surface area contributed by atoms with Crippen LogP contribution in [0.25, 0.3) is 0 Å². The SMILES string of the molecule is COCc1ccccc1NC(N)=NCc1ccnc(OC2CCCC2)c1.I.